The van der Waals surface area contributed by atoms with Crippen molar-refractivity contribution >= 4 is 11.6 Å². The summed E-state index contributed by atoms with van der Waals surface area (Å²) in [6, 6.07) is 1.79. The number of hydrogen-bond acceptors (Lipinski definition) is 4. The van der Waals surface area contributed by atoms with Crippen molar-refractivity contribution in [3.8, 4) is 0 Å². The zero-order valence-electron chi connectivity index (χ0n) is 10.1. The third-order valence-corrected chi connectivity index (χ3v) is 2.44. The van der Waals surface area contributed by atoms with Gasteiger partial charge in [0.25, 0.3) is 5.91 Å². The molecule has 0 spiro atoms. The van der Waals surface area contributed by atoms with Gasteiger partial charge in [0.15, 0.2) is 0 Å². The van der Waals surface area contributed by atoms with Gasteiger partial charge >= 0.3 is 0 Å². The maximum atomic E-state index is 12.0. The molecule has 0 aliphatic heterocycles. The van der Waals surface area contributed by atoms with Crippen LogP contribution in [-0.2, 0) is 6.54 Å². The zero-order chi connectivity index (χ0) is 12.8. The molecule has 0 aliphatic rings. The van der Waals surface area contributed by atoms with Crippen LogP contribution in [0, 0.1) is 0 Å². The van der Waals surface area contributed by atoms with Crippen molar-refractivity contribution in [1.29, 1.82) is 0 Å². The molecule has 2 aromatic heterocycles. The maximum Gasteiger partial charge on any atom is 0.255 e. The van der Waals surface area contributed by atoms with E-state index in [0.717, 1.165) is 17.8 Å². The van der Waals surface area contributed by atoms with Gasteiger partial charge in [0.05, 0.1) is 17.4 Å². The Balaban J connectivity index is 2.04. The summed E-state index contributed by atoms with van der Waals surface area (Å²) in [5.74, 6) is -0.153. The predicted octanol–water partition coefficient (Wildman–Crippen LogP) is 1.17. The van der Waals surface area contributed by atoms with Crippen molar-refractivity contribution in [2.24, 2.45) is 0 Å². The van der Waals surface area contributed by atoms with Gasteiger partial charge in [-0.2, -0.15) is 5.10 Å². The standard InChI is InChI=1S/C12H15N5O/c1-2-14-11-3-4-13-8-10(11)12(18)15-5-9-6-16-17-7-9/h3-4,6-8H,2,5H2,1H3,(H,13,14)(H,15,18)(H,16,17). The number of carbonyl (C=O) groups excluding carboxylic acids is 1. The molecule has 0 aromatic carbocycles. The molecule has 0 saturated heterocycles. The van der Waals surface area contributed by atoms with Gasteiger partial charge in [-0.1, -0.05) is 0 Å². The molecule has 0 bridgehead atoms. The van der Waals surface area contributed by atoms with Crippen LogP contribution in [0.15, 0.2) is 30.9 Å². The number of rotatable bonds is 5. The topological polar surface area (TPSA) is 82.7 Å². The van der Waals surface area contributed by atoms with Crippen LogP contribution in [0.1, 0.15) is 22.8 Å². The highest BCUT2D eigenvalue weighted by Gasteiger charge is 2.10. The van der Waals surface area contributed by atoms with E-state index >= 15 is 0 Å². The molecule has 94 valence electrons. The molecule has 2 aromatic rings. The monoisotopic (exact) mass is 245 g/mol. The van der Waals surface area contributed by atoms with Crippen LogP contribution < -0.4 is 10.6 Å². The molecule has 3 N–H and O–H groups in total. The normalized spacial score (nSPS) is 10.1. The minimum absolute atomic E-state index is 0.153. The van der Waals surface area contributed by atoms with E-state index < -0.39 is 0 Å². The molecule has 6 heteroatoms. The smallest absolute Gasteiger partial charge is 0.255 e. The lowest BCUT2D eigenvalue weighted by Crippen LogP contribution is -2.24. The highest BCUT2D eigenvalue weighted by atomic mass is 16.1. The van der Waals surface area contributed by atoms with E-state index in [0.29, 0.717) is 12.1 Å². The van der Waals surface area contributed by atoms with Crippen LogP contribution in [0.4, 0.5) is 5.69 Å². The van der Waals surface area contributed by atoms with Gasteiger partial charge in [-0.25, -0.2) is 0 Å². The second-order valence-corrected chi connectivity index (χ2v) is 3.74. The molecule has 0 fully saturated rings. The largest absolute Gasteiger partial charge is 0.385 e. The molecular weight excluding hydrogens is 230 g/mol. The number of hydrogen-bond donors (Lipinski definition) is 3. The van der Waals surface area contributed by atoms with Gasteiger partial charge in [-0.15, -0.1) is 0 Å². The molecule has 6 nitrogen and oxygen atoms in total. The fourth-order valence-electron chi connectivity index (χ4n) is 1.57. The van der Waals surface area contributed by atoms with Crippen molar-refractivity contribution in [2.45, 2.75) is 13.5 Å². The van der Waals surface area contributed by atoms with E-state index in [1.54, 1.807) is 30.9 Å². The number of pyridine rings is 1. The van der Waals surface area contributed by atoms with Crippen LogP contribution in [0.2, 0.25) is 0 Å². The van der Waals surface area contributed by atoms with Gasteiger partial charge in [-0.3, -0.25) is 14.9 Å². The number of nitrogens with one attached hydrogen (secondary N) is 3. The number of aromatic amines is 1. The van der Waals surface area contributed by atoms with Crippen LogP contribution in [0.3, 0.4) is 0 Å². The van der Waals surface area contributed by atoms with Crippen molar-refractivity contribution < 1.29 is 4.79 Å². The number of nitrogens with zero attached hydrogens (tertiary/aromatic N) is 2. The van der Waals surface area contributed by atoms with Crippen LogP contribution >= 0.6 is 0 Å². The highest BCUT2D eigenvalue weighted by molar-refractivity contribution is 5.99. The van der Waals surface area contributed by atoms with Crippen molar-refractivity contribution in [3.63, 3.8) is 0 Å². The zero-order valence-corrected chi connectivity index (χ0v) is 10.1. The summed E-state index contributed by atoms with van der Waals surface area (Å²) in [7, 11) is 0. The highest BCUT2D eigenvalue weighted by Crippen LogP contribution is 2.13. The summed E-state index contributed by atoms with van der Waals surface area (Å²) in [6.45, 7) is 3.18. The molecule has 1 amide bonds. The third-order valence-electron chi connectivity index (χ3n) is 2.44. The molecule has 0 radical (unpaired) electrons. The second-order valence-electron chi connectivity index (χ2n) is 3.74. The van der Waals surface area contributed by atoms with E-state index in [1.165, 1.54) is 0 Å². The minimum Gasteiger partial charge on any atom is -0.385 e. The Hall–Kier alpha value is -2.37. The molecule has 0 atom stereocenters. The van der Waals surface area contributed by atoms with Crippen molar-refractivity contribution in [2.75, 3.05) is 11.9 Å². The van der Waals surface area contributed by atoms with E-state index in [9.17, 15) is 4.79 Å². The van der Waals surface area contributed by atoms with E-state index in [-0.39, 0.29) is 5.91 Å². The first kappa shape index (κ1) is 12.1. The lowest BCUT2D eigenvalue weighted by Gasteiger charge is -2.09. The number of anilines is 1. The molecule has 0 unspecified atom stereocenters. The molecule has 2 rings (SSSR count). The Morgan fingerprint density at radius 3 is 3.06 bits per heavy atom. The molecule has 2 heterocycles. The fraction of sp³-hybridized carbons (Fsp3) is 0.250. The van der Waals surface area contributed by atoms with Crippen LogP contribution in [-0.4, -0.2) is 27.6 Å². The first-order valence-electron chi connectivity index (χ1n) is 5.75. The Morgan fingerprint density at radius 2 is 2.33 bits per heavy atom. The van der Waals surface area contributed by atoms with E-state index in [4.69, 9.17) is 0 Å². The summed E-state index contributed by atoms with van der Waals surface area (Å²) < 4.78 is 0. The quantitative estimate of drug-likeness (QED) is 0.738. The number of carbonyl (C=O) groups is 1. The molecular formula is C12H15N5O. The van der Waals surface area contributed by atoms with Crippen LogP contribution in [0.5, 0.6) is 0 Å². The summed E-state index contributed by atoms with van der Waals surface area (Å²) in [5.41, 5.74) is 2.26. The Labute approximate surface area is 105 Å². The third kappa shape index (κ3) is 2.85. The van der Waals surface area contributed by atoms with Gasteiger partial charge < -0.3 is 10.6 Å². The summed E-state index contributed by atoms with van der Waals surface area (Å²) in [6.07, 6.45) is 6.64. The molecule has 18 heavy (non-hydrogen) atoms. The Kier molecular flexibility index (Phi) is 3.90. The average molecular weight is 245 g/mol. The average Bonchev–Trinajstić information content (AvgIpc) is 2.90. The number of amides is 1. The van der Waals surface area contributed by atoms with E-state index in [2.05, 4.69) is 25.8 Å². The number of aromatic nitrogens is 3. The molecule has 0 saturated carbocycles. The Morgan fingerprint density at radius 1 is 1.44 bits per heavy atom. The van der Waals surface area contributed by atoms with Gasteiger partial charge in [0.2, 0.25) is 0 Å². The van der Waals surface area contributed by atoms with Gasteiger partial charge in [0.1, 0.15) is 0 Å². The lowest BCUT2D eigenvalue weighted by atomic mass is 10.2. The SMILES string of the molecule is CCNc1ccncc1C(=O)NCc1cn[nH]c1. The maximum absolute atomic E-state index is 12.0. The first-order valence-corrected chi connectivity index (χ1v) is 5.75. The Bertz CT molecular complexity index is 509. The predicted molar refractivity (Wildman–Crippen MR) is 68.2 cm³/mol. The second kappa shape index (κ2) is 5.81. The lowest BCUT2D eigenvalue weighted by molar-refractivity contribution is 0.0951. The summed E-state index contributed by atoms with van der Waals surface area (Å²) in [5, 5.41) is 12.5. The van der Waals surface area contributed by atoms with Crippen molar-refractivity contribution in [1.82, 2.24) is 20.5 Å². The summed E-state index contributed by atoms with van der Waals surface area (Å²) >= 11 is 0. The van der Waals surface area contributed by atoms with E-state index in [1.807, 2.05) is 6.92 Å². The molecule has 0 aliphatic carbocycles. The number of H-pyrrole nitrogens is 1. The fourth-order valence-corrected chi connectivity index (χ4v) is 1.57. The van der Waals surface area contributed by atoms with Gasteiger partial charge in [0, 0.05) is 37.2 Å². The van der Waals surface area contributed by atoms with Gasteiger partial charge in [-0.05, 0) is 13.0 Å². The van der Waals surface area contributed by atoms with Crippen molar-refractivity contribution in [3.05, 3.63) is 42.0 Å². The first-order chi connectivity index (χ1) is 8.81. The minimum atomic E-state index is -0.153. The summed E-state index contributed by atoms with van der Waals surface area (Å²) in [4.78, 5) is 16.0. The van der Waals surface area contributed by atoms with Crippen LogP contribution in [0.25, 0.3) is 0 Å².